The smallest absolute Gasteiger partial charge is 0.231 e. The number of halogens is 3. The van der Waals surface area contributed by atoms with E-state index >= 15 is 0 Å². The first-order valence-electron chi connectivity index (χ1n) is 12.0. The van der Waals surface area contributed by atoms with Gasteiger partial charge in [-0.05, 0) is 53.8 Å². The van der Waals surface area contributed by atoms with E-state index in [1.54, 1.807) is 23.1 Å². The predicted molar refractivity (Wildman–Crippen MR) is 145 cm³/mol. The van der Waals surface area contributed by atoms with Crippen LogP contribution in [0.15, 0.2) is 40.9 Å². The molecule has 3 aliphatic rings. The number of allylic oxidation sites excluding steroid dienone is 1. The SMILES string of the molecule is CC.CC.O=C1CCc2c(Br)cc(C3=CCC4(CC3)OCCO4)cc2N1c1c(Cl)cccc1Cl. The van der Waals surface area contributed by atoms with Crippen LogP contribution in [0.4, 0.5) is 11.4 Å². The summed E-state index contributed by atoms with van der Waals surface area (Å²) in [6, 6.07) is 9.52. The van der Waals surface area contributed by atoms with E-state index in [1.807, 2.05) is 27.7 Å². The second-order valence-corrected chi connectivity index (χ2v) is 9.46. The topological polar surface area (TPSA) is 38.8 Å². The van der Waals surface area contributed by atoms with Gasteiger partial charge in [-0.25, -0.2) is 0 Å². The van der Waals surface area contributed by atoms with Crippen LogP contribution in [0.25, 0.3) is 5.57 Å². The van der Waals surface area contributed by atoms with Gasteiger partial charge in [0, 0.05) is 23.7 Å². The number of para-hydroxylation sites is 1. The summed E-state index contributed by atoms with van der Waals surface area (Å²) < 4.78 is 12.7. The fourth-order valence-electron chi connectivity index (χ4n) is 4.51. The second-order valence-electron chi connectivity index (χ2n) is 7.80. The van der Waals surface area contributed by atoms with E-state index in [2.05, 4.69) is 34.1 Å². The monoisotopic (exact) mass is 567 g/mol. The summed E-state index contributed by atoms with van der Waals surface area (Å²) in [4.78, 5) is 14.6. The lowest BCUT2D eigenvalue weighted by atomic mass is 9.88. The summed E-state index contributed by atoms with van der Waals surface area (Å²) in [6.45, 7) is 9.31. The number of carbonyl (C=O) groups is 1. The Bertz CT molecular complexity index is 1040. The van der Waals surface area contributed by atoms with Crippen molar-refractivity contribution < 1.29 is 14.3 Å². The van der Waals surface area contributed by atoms with Crippen LogP contribution in [0, 0.1) is 0 Å². The van der Waals surface area contributed by atoms with Gasteiger partial charge < -0.3 is 9.47 Å². The first-order valence-corrected chi connectivity index (χ1v) is 13.6. The van der Waals surface area contributed by atoms with Gasteiger partial charge in [0.2, 0.25) is 5.91 Å². The highest BCUT2D eigenvalue weighted by molar-refractivity contribution is 9.10. The Hall–Kier alpha value is -1.37. The number of rotatable bonds is 2. The van der Waals surface area contributed by atoms with Crippen LogP contribution in [0.1, 0.15) is 64.5 Å². The van der Waals surface area contributed by atoms with Gasteiger partial charge in [0.05, 0.1) is 34.6 Å². The lowest BCUT2D eigenvalue weighted by molar-refractivity contribution is -0.159. The fourth-order valence-corrected chi connectivity index (χ4v) is 5.72. The van der Waals surface area contributed by atoms with Gasteiger partial charge in [-0.1, -0.05) is 79.0 Å². The van der Waals surface area contributed by atoms with Gasteiger partial charge in [0.1, 0.15) is 0 Å². The molecule has 0 atom stereocenters. The normalized spacial score (nSPS) is 18.4. The Morgan fingerprint density at radius 2 is 1.62 bits per heavy atom. The molecule has 2 aliphatic heterocycles. The Labute approximate surface area is 221 Å². The van der Waals surface area contributed by atoms with Crippen molar-refractivity contribution in [2.75, 3.05) is 18.1 Å². The van der Waals surface area contributed by atoms with Crippen molar-refractivity contribution in [3.05, 3.63) is 62.1 Å². The highest BCUT2D eigenvalue weighted by Gasteiger charge is 2.38. The quantitative estimate of drug-likeness (QED) is 0.363. The molecular formula is C27H32BrCl2NO3. The molecule has 1 saturated heterocycles. The third-order valence-electron chi connectivity index (χ3n) is 6.03. The zero-order valence-corrected chi connectivity index (χ0v) is 23.3. The molecular weight excluding hydrogens is 537 g/mol. The predicted octanol–water partition coefficient (Wildman–Crippen LogP) is 8.73. The minimum absolute atomic E-state index is 0.00844. The summed E-state index contributed by atoms with van der Waals surface area (Å²) in [5.74, 6) is -0.465. The maximum Gasteiger partial charge on any atom is 0.231 e. The van der Waals surface area contributed by atoms with E-state index < -0.39 is 5.79 Å². The van der Waals surface area contributed by atoms with Crippen molar-refractivity contribution in [1.29, 1.82) is 0 Å². The molecule has 1 aliphatic carbocycles. The molecule has 1 amide bonds. The zero-order valence-electron chi connectivity index (χ0n) is 20.2. The van der Waals surface area contributed by atoms with Crippen LogP contribution in [0.2, 0.25) is 10.0 Å². The molecule has 5 rings (SSSR count). The fraction of sp³-hybridized carbons (Fsp3) is 0.444. The van der Waals surface area contributed by atoms with Crippen molar-refractivity contribution in [3.63, 3.8) is 0 Å². The molecule has 0 aromatic heterocycles. The Morgan fingerprint density at radius 3 is 2.21 bits per heavy atom. The van der Waals surface area contributed by atoms with Crippen LogP contribution in [-0.4, -0.2) is 24.9 Å². The van der Waals surface area contributed by atoms with Crippen molar-refractivity contribution in [3.8, 4) is 0 Å². The largest absolute Gasteiger partial charge is 0.347 e. The van der Waals surface area contributed by atoms with Crippen LogP contribution < -0.4 is 4.90 Å². The van der Waals surface area contributed by atoms with E-state index in [-0.39, 0.29) is 5.91 Å². The molecule has 184 valence electrons. The summed E-state index contributed by atoms with van der Waals surface area (Å²) in [7, 11) is 0. The van der Waals surface area contributed by atoms with Crippen molar-refractivity contribution in [2.45, 2.75) is 65.6 Å². The van der Waals surface area contributed by atoms with E-state index in [0.717, 1.165) is 40.5 Å². The molecule has 0 N–H and O–H groups in total. The number of benzene rings is 2. The standard InChI is InChI=1S/C23H20BrCl2NO3.2C2H6/c24-17-12-15(14-6-8-23(9-7-14)29-10-11-30-23)13-20-16(17)4-5-21(28)27(20)22-18(25)2-1-3-19(22)26;2*1-2/h1-3,6,12-13H,4-5,7-11H2;2*1-2H3. The molecule has 2 aromatic rings. The number of hydrogen-bond donors (Lipinski definition) is 0. The van der Waals surface area contributed by atoms with Crippen LogP contribution in [0.5, 0.6) is 0 Å². The van der Waals surface area contributed by atoms with Gasteiger partial charge in [-0.2, -0.15) is 0 Å². The summed E-state index contributed by atoms with van der Waals surface area (Å²) in [5.41, 5.74) is 4.77. The van der Waals surface area contributed by atoms with E-state index in [4.69, 9.17) is 32.7 Å². The number of fused-ring (bicyclic) bond motifs is 1. The number of nitrogens with zero attached hydrogens (tertiary/aromatic N) is 1. The maximum absolute atomic E-state index is 13.0. The minimum Gasteiger partial charge on any atom is -0.347 e. The van der Waals surface area contributed by atoms with E-state index in [9.17, 15) is 4.79 Å². The average Bonchev–Trinajstić information content (AvgIpc) is 3.31. The third kappa shape index (κ3) is 5.39. The molecule has 7 heteroatoms. The lowest BCUT2D eigenvalue weighted by Gasteiger charge is -2.33. The van der Waals surface area contributed by atoms with Crippen molar-refractivity contribution in [2.24, 2.45) is 0 Å². The number of amides is 1. The van der Waals surface area contributed by atoms with Gasteiger partial charge in [-0.3, -0.25) is 9.69 Å². The first-order chi connectivity index (χ1) is 16.5. The van der Waals surface area contributed by atoms with Crippen LogP contribution in [-0.2, 0) is 20.7 Å². The number of ether oxygens (including phenoxy) is 2. The van der Waals surface area contributed by atoms with Gasteiger partial charge in [0.15, 0.2) is 5.79 Å². The van der Waals surface area contributed by atoms with E-state index in [0.29, 0.717) is 41.8 Å². The summed E-state index contributed by atoms with van der Waals surface area (Å²) in [6.07, 6.45) is 5.69. The molecule has 2 aromatic carbocycles. The maximum atomic E-state index is 13.0. The molecule has 2 heterocycles. The number of carbonyl (C=O) groups excluding carboxylic acids is 1. The zero-order chi connectivity index (χ0) is 24.9. The summed E-state index contributed by atoms with van der Waals surface area (Å²) >= 11 is 16.7. The molecule has 34 heavy (non-hydrogen) atoms. The van der Waals surface area contributed by atoms with Gasteiger partial charge >= 0.3 is 0 Å². The lowest BCUT2D eigenvalue weighted by Crippen LogP contribution is -2.32. The third-order valence-corrected chi connectivity index (χ3v) is 7.35. The highest BCUT2D eigenvalue weighted by Crippen LogP contribution is 2.46. The number of anilines is 2. The Morgan fingerprint density at radius 1 is 0.971 bits per heavy atom. The first kappa shape index (κ1) is 27.2. The van der Waals surface area contributed by atoms with Crippen molar-refractivity contribution >= 4 is 62.0 Å². The Kier molecular flexibility index (Phi) is 9.65. The highest BCUT2D eigenvalue weighted by atomic mass is 79.9. The van der Waals surface area contributed by atoms with E-state index in [1.165, 1.54) is 5.57 Å². The molecule has 4 nitrogen and oxygen atoms in total. The molecule has 0 saturated carbocycles. The van der Waals surface area contributed by atoms with Crippen molar-refractivity contribution in [1.82, 2.24) is 0 Å². The molecule has 0 radical (unpaired) electrons. The summed E-state index contributed by atoms with van der Waals surface area (Å²) in [5, 5.41) is 0.916. The minimum atomic E-state index is -0.456. The molecule has 0 bridgehead atoms. The molecule has 0 unspecified atom stereocenters. The molecule has 1 spiro atoms. The number of hydrogen-bond acceptors (Lipinski definition) is 3. The van der Waals surface area contributed by atoms with Crippen LogP contribution >= 0.6 is 39.1 Å². The van der Waals surface area contributed by atoms with Gasteiger partial charge in [-0.15, -0.1) is 0 Å². The Balaban J connectivity index is 0.000000771. The average molecular weight is 569 g/mol. The van der Waals surface area contributed by atoms with Crippen LogP contribution in [0.3, 0.4) is 0 Å². The molecule has 1 fully saturated rings. The van der Waals surface area contributed by atoms with Gasteiger partial charge in [0.25, 0.3) is 0 Å². The second kappa shape index (κ2) is 12.0.